The van der Waals surface area contributed by atoms with Crippen molar-refractivity contribution in [3.63, 3.8) is 0 Å². The van der Waals surface area contributed by atoms with Gasteiger partial charge in [0.15, 0.2) is 0 Å². The molecule has 1 N–H and O–H groups in total. The van der Waals surface area contributed by atoms with E-state index < -0.39 is 28.3 Å². The standard InChI is InChI=1S/C16H13ClF3N3O3/c1-22(2)13-6-3-9(16(18,19)20)7-12(13)21-15(24)11-5-4-10(17)8-14(11)23(25)26/h3-8H,1-2H3,(H,21,24). The third-order valence-corrected chi connectivity index (χ3v) is 3.69. The Morgan fingerprint density at radius 2 is 1.85 bits per heavy atom. The summed E-state index contributed by atoms with van der Waals surface area (Å²) in [5.41, 5.74) is -1.64. The first-order valence-corrected chi connectivity index (χ1v) is 7.52. The lowest BCUT2D eigenvalue weighted by atomic mass is 10.1. The molecule has 0 aliphatic carbocycles. The Balaban J connectivity index is 2.47. The number of carbonyl (C=O) groups is 1. The van der Waals surface area contributed by atoms with Gasteiger partial charge in [-0.2, -0.15) is 13.2 Å². The maximum absolute atomic E-state index is 12.9. The third-order valence-electron chi connectivity index (χ3n) is 3.45. The van der Waals surface area contributed by atoms with Crippen LogP contribution in [0.3, 0.4) is 0 Å². The molecule has 0 saturated carbocycles. The van der Waals surface area contributed by atoms with Gasteiger partial charge in [0.05, 0.1) is 21.9 Å². The van der Waals surface area contributed by atoms with E-state index in [1.165, 1.54) is 17.0 Å². The molecule has 2 rings (SSSR count). The summed E-state index contributed by atoms with van der Waals surface area (Å²) >= 11 is 5.70. The minimum atomic E-state index is -4.60. The van der Waals surface area contributed by atoms with Gasteiger partial charge >= 0.3 is 6.18 Å². The van der Waals surface area contributed by atoms with Gasteiger partial charge in [0.25, 0.3) is 11.6 Å². The fraction of sp³-hybridized carbons (Fsp3) is 0.188. The first kappa shape index (κ1) is 19.5. The van der Waals surface area contributed by atoms with Gasteiger partial charge in [-0.05, 0) is 30.3 Å². The molecule has 0 fully saturated rings. The molecule has 2 aromatic carbocycles. The maximum atomic E-state index is 12.9. The van der Waals surface area contributed by atoms with Crippen LogP contribution in [-0.4, -0.2) is 24.9 Å². The summed E-state index contributed by atoms with van der Waals surface area (Å²) in [4.78, 5) is 24.2. The number of hydrogen-bond acceptors (Lipinski definition) is 4. The van der Waals surface area contributed by atoms with Gasteiger partial charge in [-0.15, -0.1) is 0 Å². The molecule has 26 heavy (non-hydrogen) atoms. The molecule has 0 heterocycles. The number of hydrogen-bond donors (Lipinski definition) is 1. The molecule has 2 aromatic rings. The average Bonchev–Trinajstić information content (AvgIpc) is 2.53. The second kappa shape index (κ2) is 7.20. The molecule has 0 spiro atoms. The number of carbonyl (C=O) groups excluding carboxylic acids is 1. The summed E-state index contributed by atoms with van der Waals surface area (Å²) in [6.45, 7) is 0. The van der Waals surface area contributed by atoms with Gasteiger partial charge in [0.1, 0.15) is 5.56 Å². The van der Waals surface area contributed by atoms with Gasteiger partial charge in [0.2, 0.25) is 0 Å². The molecule has 10 heteroatoms. The second-order valence-corrected chi connectivity index (χ2v) is 5.93. The molecule has 0 aliphatic rings. The van der Waals surface area contributed by atoms with E-state index in [4.69, 9.17) is 11.6 Å². The molecule has 0 atom stereocenters. The Hall–Kier alpha value is -2.81. The molecule has 0 aliphatic heterocycles. The van der Waals surface area contributed by atoms with Crippen molar-refractivity contribution in [2.75, 3.05) is 24.3 Å². The van der Waals surface area contributed by atoms with E-state index in [9.17, 15) is 28.1 Å². The molecule has 0 bridgehead atoms. The number of anilines is 2. The molecule has 6 nitrogen and oxygen atoms in total. The largest absolute Gasteiger partial charge is 0.416 e. The second-order valence-electron chi connectivity index (χ2n) is 5.50. The van der Waals surface area contributed by atoms with Crippen molar-refractivity contribution in [1.82, 2.24) is 0 Å². The predicted octanol–water partition coefficient (Wildman–Crippen LogP) is 4.59. The number of halogens is 4. The van der Waals surface area contributed by atoms with Crippen LogP contribution in [0.25, 0.3) is 0 Å². The van der Waals surface area contributed by atoms with E-state index in [0.717, 1.165) is 24.3 Å². The van der Waals surface area contributed by atoms with Crippen LogP contribution in [0.4, 0.5) is 30.2 Å². The normalized spacial score (nSPS) is 11.2. The van der Waals surface area contributed by atoms with Crippen LogP contribution in [0, 0.1) is 10.1 Å². The minimum absolute atomic E-state index is 0.0568. The predicted molar refractivity (Wildman–Crippen MR) is 91.8 cm³/mol. The van der Waals surface area contributed by atoms with Gasteiger partial charge in [0, 0.05) is 25.2 Å². The lowest BCUT2D eigenvalue weighted by Crippen LogP contribution is -2.19. The highest BCUT2D eigenvalue weighted by molar-refractivity contribution is 6.31. The summed E-state index contributed by atoms with van der Waals surface area (Å²) in [5, 5.41) is 13.5. The number of amides is 1. The van der Waals surface area contributed by atoms with Crippen molar-refractivity contribution >= 4 is 34.6 Å². The van der Waals surface area contributed by atoms with E-state index >= 15 is 0 Å². The van der Waals surface area contributed by atoms with Crippen LogP contribution in [0.2, 0.25) is 5.02 Å². The monoisotopic (exact) mass is 387 g/mol. The number of nitrogens with one attached hydrogen (secondary N) is 1. The van der Waals surface area contributed by atoms with Crippen LogP contribution in [0.1, 0.15) is 15.9 Å². The zero-order chi connectivity index (χ0) is 19.6. The van der Waals surface area contributed by atoms with Crippen molar-refractivity contribution < 1.29 is 22.9 Å². The number of rotatable bonds is 4. The molecule has 1 amide bonds. The van der Waals surface area contributed by atoms with Crippen molar-refractivity contribution in [3.8, 4) is 0 Å². The van der Waals surface area contributed by atoms with E-state index in [1.54, 1.807) is 14.1 Å². The molecule has 0 unspecified atom stereocenters. The van der Waals surface area contributed by atoms with Crippen LogP contribution < -0.4 is 10.2 Å². The first-order valence-electron chi connectivity index (χ1n) is 7.14. The van der Waals surface area contributed by atoms with E-state index in [0.29, 0.717) is 5.69 Å². The van der Waals surface area contributed by atoms with Gasteiger partial charge in [-0.25, -0.2) is 0 Å². The van der Waals surface area contributed by atoms with Crippen LogP contribution in [-0.2, 0) is 6.18 Å². The fourth-order valence-corrected chi connectivity index (χ4v) is 2.41. The Morgan fingerprint density at radius 3 is 2.38 bits per heavy atom. The number of nitro benzene ring substituents is 1. The van der Waals surface area contributed by atoms with Crippen LogP contribution >= 0.6 is 11.6 Å². The molecule has 138 valence electrons. The van der Waals surface area contributed by atoms with Crippen molar-refractivity contribution in [2.24, 2.45) is 0 Å². The number of nitrogens with zero attached hydrogens (tertiary/aromatic N) is 2. The highest BCUT2D eigenvalue weighted by Gasteiger charge is 2.31. The molecule has 0 aromatic heterocycles. The highest BCUT2D eigenvalue weighted by Crippen LogP contribution is 2.35. The summed E-state index contributed by atoms with van der Waals surface area (Å²) in [7, 11) is 3.17. The Labute approximate surface area is 151 Å². The number of benzene rings is 2. The zero-order valence-electron chi connectivity index (χ0n) is 13.6. The highest BCUT2D eigenvalue weighted by atomic mass is 35.5. The van der Waals surface area contributed by atoms with Gasteiger partial charge < -0.3 is 10.2 Å². The Morgan fingerprint density at radius 1 is 1.19 bits per heavy atom. The lowest BCUT2D eigenvalue weighted by Gasteiger charge is -2.19. The SMILES string of the molecule is CN(C)c1ccc(C(F)(F)F)cc1NC(=O)c1ccc(Cl)cc1[N+](=O)[O-]. The Kier molecular flexibility index (Phi) is 5.41. The summed E-state index contributed by atoms with van der Waals surface area (Å²) in [6, 6.07) is 6.27. The van der Waals surface area contributed by atoms with Crippen molar-refractivity contribution in [2.45, 2.75) is 6.18 Å². The number of alkyl halides is 3. The lowest BCUT2D eigenvalue weighted by molar-refractivity contribution is -0.385. The Bertz CT molecular complexity index is 870. The molecular formula is C16H13ClF3N3O3. The number of nitro groups is 1. The molecular weight excluding hydrogens is 375 g/mol. The summed E-state index contributed by atoms with van der Waals surface area (Å²) in [5.74, 6) is -0.921. The summed E-state index contributed by atoms with van der Waals surface area (Å²) < 4.78 is 38.8. The van der Waals surface area contributed by atoms with Gasteiger partial charge in [-0.1, -0.05) is 11.6 Å². The maximum Gasteiger partial charge on any atom is 0.416 e. The quantitative estimate of drug-likeness (QED) is 0.615. The van der Waals surface area contributed by atoms with E-state index in [1.807, 2.05) is 0 Å². The third kappa shape index (κ3) is 4.23. The molecule has 0 radical (unpaired) electrons. The van der Waals surface area contributed by atoms with Crippen LogP contribution in [0.15, 0.2) is 36.4 Å². The fourth-order valence-electron chi connectivity index (χ4n) is 2.24. The topological polar surface area (TPSA) is 75.5 Å². The summed E-state index contributed by atoms with van der Waals surface area (Å²) in [6.07, 6.45) is -4.60. The van der Waals surface area contributed by atoms with Crippen molar-refractivity contribution in [1.29, 1.82) is 0 Å². The van der Waals surface area contributed by atoms with E-state index in [2.05, 4.69) is 5.32 Å². The van der Waals surface area contributed by atoms with Gasteiger partial charge in [-0.3, -0.25) is 14.9 Å². The molecule has 0 saturated heterocycles. The minimum Gasteiger partial charge on any atom is -0.376 e. The van der Waals surface area contributed by atoms with E-state index in [-0.39, 0.29) is 16.3 Å². The average molecular weight is 388 g/mol. The first-order chi connectivity index (χ1) is 12.0. The van der Waals surface area contributed by atoms with Crippen LogP contribution in [0.5, 0.6) is 0 Å². The smallest absolute Gasteiger partial charge is 0.376 e. The zero-order valence-corrected chi connectivity index (χ0v) is 14.4. The van der Waals surface area contributed by atoms with Crippen molar-refractivity contribution in [3.05, 3.63) is 62.7 Å².